The van der Waals surface area contributed by atoms with Crippen LogP contribution < -0.4 is 4.74 Å². The fourth-order valence-electron chi connectivity index (χ4n) is 1.51. The molecule has 2 rings (SSSR count). The molecule has 0 amide bonds. The minimum atomic E-state index is -0.382. The normalized spacial score (nSPS) is 10.2. The van der Waals surface area contributed by atoms with Crippen LogP contribution in [0, 0.1) is 0 Å². The van der Waals surface area contributed by atoms with Gasteiger partial charge in [0, 0.05) is 5.56 Å². The first-order valence-corrected chi connectivity index (χ1v) is 5.85. The minimum Gasteiger partial charge on any atom is -0.497 e. The number of hydrogen-bond donors (Lipinski definition) is 0. The second-order valence-electron chi connectivity index (χ2n) is 3.71. The standard InChI is InChI=1S/C13H14N2O4/c1-3-18-12(16)8-11-14-15-13(19-11)9-4-6-10(17-2)7-5-9/h4-7H,3,8H2,1-2H3. The number of methoxy groups -OCH3 is 1. The molecule has 0 N–H and O–H groups in total. The number of benzene rings is 1. The molecule has 0 spiro atoms. The summed E-state index contributed by atoms with van der Waals surface area (Å²) in [6, 6.07) is 7.20. The van der Waals surface area contributed by atoms with E-state index in [2.05, 4.69) is 10.2 Å². The van der Waals surface area contributed by atoms with Crippen molar-refractivity contribution < 1.29 is 18.7 Å². The van der Waals surface area contributed by atoms with Crippen molar-refractivity contribution in [1.82, 2.24) is 10.2 Å². The van der Waals surface area contributed by atoms with Crippen LogP contribution in [0.1, 0.15) is 12.8 Å². The van der Waals surface area contributed by atoms with Crippen molar-refractivity contribution in [3.63, 3.8) is 0 Å². The Labute approximate surface area is 110 Å². The lowest BCUT2D eigenvalue weighted by molar-refractivity contribution is -0.142. The van der Waals surface area contributed by atoms with Crippen LogP contribution in [-0.4, -0.2) is 29.9 Å². The number of esters is 1. The summed E-state index contributed by atoms with van der Waals surface area (Å²) in [6.07, 6.45) is -0.0169. The van der Waals surface area contributed by atoms with Gasteiger partial charge in [-0.2, -0.15) is 0 Å². The second kappa shape index (κ2) is 5.99. The molecule has 0 saturated carbocycles. The Bertz CT molecular complexity index is 548. The zero-order valence-electron chi connectivity index (χ0n) is 10.8. The number of carbonyl (C=O) groups is 1. The summed E-state index contributed by atoms with van der Waals surface area (Å²) in [5.74, 6) is 0.966. The molecule has 0 atom stereocenters. The van der Waals surface area contributed by atoms with Crippen LogP contribution in [0.4, 0.5) is 0 Å². The molecule has 1 heterocycles. The van der Waals surface area contributed by atoms with Crippen molar-refractivity contribution in [2.75, 3.05) is 13.7 Å². The topological polar surface area (TPSA) is 74.5 Å². The lowest BCUT2D eigenvalue weighted by atomic mass is 10.2. The largest absolute Gasteiger partial charge is 0.497 e. The van der Waals surface area contributed by atoms with Crippen molar-refractivity contribution >= 4 is 5.97 Å². The highest BCUT2D eigenvalue weighted by Crippen LogP contribution is 2.21. The molecule has 0 aliphatic rings. The van der Waals surface area contributed by atoms with Crippen molar-refractivity contribution in [1.29, 1.82) is 0 Å². The molecule has 0 bridgehead atoms. The first-order chi connectivity index (χ1) is 9.22. The van der Waals surface area contributed by atoms with E-state index in [0.29, 0.717) is 12.5 Å². The fraction of sp³-hybridized carbons (Fsp3) is 0.308. The maximum absolute atomic E-state index is 11.3. The monoisotopic (exact) mass is 262 g/mol. The predicted octanol–water partition coefficient (Wildman–Crippen LogP) is 1.85. The van der Waals surface area contributed by atoms with Crippen LogP contribution in [0.5, 0.6) is 5.75 Å². The van der Waals surface area contributed by atoms with Gasteiger partial charge in [-0.3, -0.25) is 4.79 Å². The summed E-state index contributed by atoms with van der Waals surface area (Å²) < 4.78 is 15.3. The van der Waals surface area contributed by atoms with E-state index < -0.39 is 0 Å². The average molecular weight is 262 g/mol. The van der Waals surface area contributed by atoms with Crippen LogP contribution in [-0.2, 0) is 16.0 Å². The minimum absolute atomic E-state index is 0.0169. The van der Waals surface area contributed by atoms with Crippen LogP contribution in [0.3, 0.4) is 0 Å². The summed E-state index contributed by atoms with van der Waals surface area (Å²) in [7, 11) is 1.60. The van der Waals surface area contributed by atoms with E-state index in [4.69, 9.17) is 13.9 Å². The van der Waals surface area contributed by atoms with E-state index >= 15 is 0 Å². The van der Waals surface area contributed by atoms with E-state index in [-0.39, 0.29) is 18.3 Å². The van der Waals surface area contributed by atoms with Crippen LogP contribution >= 0.6 is 0 Å². The van der Waals surface area contributed by atoms with Gasteiger partial charge in [-0.1, -0.05) is 0 Å². The summed E-state index contributed by atoms with van der Waals surface area (Å²) in [5.41, 5.74) is 0.767. The molecule has 19 heavy (non-hydrogen) atoms. The van der Waals surface area contributed by atoms with Gasteiger partial charge in [0.25, 0.3) is 0 Å². The number of rotatable bonds is 5. The molecule has 6 nitrogen and oxygen atoms in total. The molecule has 2 aromatic rings. The van der Waals surface area contributed by atoms with Gasteiger partial charge in [0.1, 0.15) is 12.2 Å². The predicted molar refractivity (Wildman–Crippen MR) is 66.6 cm³/mol. The van der Waals surface area contributed by atoms with E-state index in [1.54, 1.807) is 38.3 Å². The van der Waals surface area contributed by atoms with Gasteiger partial charge in [0.2, 0.25) is 11.8 Å². The number of carbonyl (C=O) groups excluding carboxylic acids is 1. The summed E-state index contributed by atoms with van der Waals surface area (Å²) >= 11 is 0. The Hall–Kier alpha value is -2.37. The van der Waals surface area contributed by atoms with Gasteiger partial charge >= 0.3 is 5.97 Å². The van der Waals surface area contributed by atoms with Crippen molar-refractivity contribution in [2.45, 2.75) is 13.3 Å². The second-order valence-corrected chi connectivity index (χ2v) is 3.71. The van der Waals surface area contributed by atoms with Crippen molar-refractivity contribution in [3.8, 4) is 17.2 Å². The maximum atomic E-state index is 11.3. The van der Waals surface area contributed by atoms with Crippen molar-refractivity contribution in [2.24, 2.45) is 0 Å². The number of hydrogen-bond acceptors (Lipinski definition) is 6. The molecule has 100 valence electrons. The molecule has 0 fully saturated rings. The molecule has 0 aliphatic heterocycles. The molecule has 0 unspecified atom stereocenters. The quantitative estimate of drug-likeness (QED) is 0.765. The van der Waals surface area contributed by atoms with E-state index in [1.165, 1.54) is 0 Å². The summed E-state index contributed by atoms with van der Waals surface area (Å²) in [4.78, 5) is 11.3. The maximum Gasteiger partial charge on any atom is 0.315 e. The van der Waals surface area contributed by atoms with Gasteiger partial charge in [-0.15, -0.1) is 10.2 Å². The zero-order valence-corrected chi connectivity index (χ0v) is 10.8. The van der Waals surface area contributed by atoms with Gasteiger partial charge in [0.05, 0.1) is 13.7 Å². The third kappa shape index (κ3) is 3.31. The third-order valence-electron chi connectivity index (χ3n) is 2.40. The molecule has 0 saturated heterocycles. The smallest absolute Gasteiger partial charge is 0.315 e. The van der Waals surface area contributed by atoms with E-state index in [9.17, 15) is 4.79 Å². The molecule has 6 heteroatoms. The molecular formula is C13H14N2O4. The Kier molecular flexibility index (Phi) is 4.12. The lowest BCUT2D eigenvalue weighted by Crippen LogP contribution is -2.07. The number of ether oxygens (including phenoxy) is 2. The Morgan fingerprint density at radius 1 is 1.26 bits per heavy atom. The van der Waals surface area contributed by atoms with Crippen molar-refractivity contribution in [3.05, 3.63) is 30.2 Å². The van der Waals surface area contributed by atoms with Gasteiger partial charge in [-0.25, -0.2) is 0 Å². The lowest BCUT2D eigenvalue weighted by Gasteiger charge is -1.99. The third-order valence-corrected chi connectivity index (χ3v) is 2.40. The average Bonchev–Trinajstić information content (AvgIpc) is 2.87. The SMILES string of the molecule is CCOC(=O)Cc1nnc(-c2ccc(OC)cc2)o1. The van der Waals surface area contributed by atoms with Crippen LogP contribution in [0.25, 0.3) is 11.5 Å². The Morgan fingerprint density at radius 3 is 2.63 bits per heavy atom. The summed E-state index contributed by atoms with van der Waals surface area (Å²) in [5, 5.41) is 7.70. The molecule has 0 aliphatic carbocycles. The first kappa shape index (κ1) is 13.1. The summed E-state index contributed by atoms with van der Waals surface area (Å²) in [6.45, 7) is 2.08. The first-order valence-electron chi connectivity index (χ1n) is 5.85. The molecule has 1 aromatic carbocycles. The highest BCUT2D eigenvalue weighted by atomic mass is 16.5. The van der Waals surface area contributed by atoms with Gasteiger partial charge in [0.15, 0.2) is 0 Å². The number of aromatic nitrogens is 2. The Balaban J connectivity index is 2.09. The zero-order chi connectivity index (χ0) is 13.7. The molecular weight excluding hydrogens is 248 g/mol. The highest BCUT2D eigenvalue weighted by Gasteiger charge is 2.12. The van der Waals surface area contributed by atoms with Crippen LogP contribution in [0.2, 0.25) is 0 Å². The Morgan fingerprint density at radius 2 is 2.00 bits per heavy atom. The van der Waals surface area contributed by atoms with Gasteiger partial charge in [-0.05, 0) is 31.2 Å². The number of nitrogens with zero attached hydrogens (tertiary/aromatic N) is 2. The highest BCUT2D eigenvalue weighted by molar-refractivity contribution is 5.71. The van der Waals surface area contributed by atoms with Gasteiger partial charge < -0.3 is 13.9 Å². The van der Waals surface area contributed by atoms with E-state index in [0.717, 1.165) is 11.3 Å². The molecule has 0 radical (unpaired) electrons. The van der Waals surface area contributed by atoms with E-state index in [1.807, 2.05) is 0 Å². The molecule has 1 aromatic heterocycles. The van der Waals surface area contributed by atoms with Crippen LogP contribution in [0.15, 0.2) is 28.7 Å². The fourth-order valence-corrected chi connectivity index (χ4v) is 1.51.